The lowest BCUT2D eigenvalue weighted by Crippen LogP contribution is -2.39. The largest absolute Gasteiger partial charge is 0.383 e. The van der Waals surface area contributed by atoms with Crippen molar-refractivity contribution in [2.24, 2.45) is 4.99 Å². The number of guanidine groups is 1. The molecule has 0 fully saturated rings. The molecule has 0 saturated heterocycles. The quantitative estimate of drug-likeness (QED) is 0.315. The predicted molar refractivity (Wildman–Crippen MR) is 115 cm³/mol. The Bertz CT molecular complexity index is 817. The Hall–Kier alpha value is -2.58. The molecule has 0 aliphatic rings. The van der Waals surface area contributed by atoms with Gasteiger partial charge < -0.3 is 15.4 Å². The third kappa shape index (κ3) is 6.58. The van der Waals surface area contributed by atoms with E-state index in [4.69, 9.17) is 17.0 Å². The van der Waals surface area contributed by atoms with Gasteiger partial charge in [0.15, 0.2) is 5.11 Å². The van der Waals surface area contributed by atoms with Crippen molar-refractivity contribution in [3.8, 4) is 0 Å². The van der Waals surface area contributed by atoms with Crippen molar-refractivity contribution in [1.82, 2.24) is 15.3 Å². The Balaban J connectivity index is 2.12. The van der Waals surface area contributed by atoms with Gasteiger partial charge in [-0.15, -0.1) is 0 Å². The minimum Gasteiger partial charge on any atom is -0.383 e. The number of aromatic nitrogens is 2. The molecule has 27 heavy (non-hydrogen) atoms. The maximum atomic E-state index is 5.45. The summed E-state index contributed by atoms with van der Waals surface area (Å²) in [5, 5.41) is 9.81. The first-order valence-corrected chi connectivity index (χ1v) is 9.06. The van der Waals surface area contributed by atoms with Gasteiger partial charge in [-0.25, -0.2) is 9.97 Å². The molecule has 8 heteroatoms. The summed E-state index contributed by atoms with van der Waals surface area (Å²) in [6, 6.07) is 7.95. The van der Waals surface area contributed by atoms with Gasteiger partial charge in [0.2, 0.25) is 11.9 Å². The standard InChI is InChI=1S/C19H26N6OS/c1-12-7-6-8-16(15(12)4)23-19(27)25-17(20-9-10-26-5)24-18-21-13(2)11-14(3)22-18/h6-8,11H,9-10H2,1-5H3,(H3,20,21,22,23,24,25,27). The Morgan fingerprint density at radius 2 is 1.81 bits per heavy atom. The second-order valence-electron chi connectivity index (χ2n) is 6.15. The van der Waals surface area contributed by atoms with Crippen LogP contribution < -0.4 is 16.0 Å². The van der Waals surface area contributed by atoms with Crippen LogP contribution >= 0.6 is 12.2 Å². The van der Waals surface area contributed by atoms with Crippen LogP contribution in [0.25, 0.3) is 0 Å². The highest BCUT2D eigenvalue weighted by molar-refractivity contribution is 7.80. The summed E-state index contributed by atoms with van der Waals surface area (Å²) in [5.41, 5.74) is 5.03. The van der Waals surface area contributed by atoms with Gasteiger partial charge in [-0.2, -0.15) is 0 Å². The molecule has 1 heterocycles. The number of aliphatic imine (C=N–C) groups is 1. The van der Waals surface area contributed by atoms with Crippen molar-refractivity contribution in [3.05, 3.63) is 46.8 Å². The lowest BCUT2D eigenvalue weighted by molar-refractivity contribution is 0.208. The number of anilines is 2. The molecule has 3 N–H and O–H groups in total. The van der Waals surface area contributed by atoms with Gasteiger partial charge in [0.05, 0.1) is 13.2 Å². The molecule has 144 valence electrons. The molecule has 1 aromatic carbocycles. The van der Waals surface area contributed by atoms with E-state index in [1.807, 2.05) is 32.0 Å². The molecule has 1 aromatic heterocycles. The van der Waals surface area contributed by atoms with Crippen LogP contribution in [0.2, 0.25) is 0 Å². The second kappa shape index (κ2) is 9.94. The van der Waals surface area contributed by atoms with Gasteiger partial charge in [-0.1, -0.05) is 12.1 Å². The number of hydrogen-bond donors (Lipinski definition) is 3. The maximum Gasteiger partial charge on any atom is 0.229 e. The second-order valence-corrected chi connectivity index (χ2v) is 6.56. The Morgan fingerprint density at radius 3 is 2.48 bits per heavy atom. The molecule has 0 saturated carbocycles. The predicted octanol–water partition coefficient (Wildman–Crippen LogP) is 3.11. The first-order valence-electron chi connectivity index (χ1n) is 8.66. The van der Waals surface area contributed by atoms with Crippen LogP contribution in [0.3, 0.4) is 0 Å². The first-order chi connectivity index (χ1) is 12.9. The van der Waals surface area contributed by atoms with Crippen LogP contribution in [0.1, 0.15) is 22.5 Å². The number of thiocarbonyl (C=S) groups is 1. The number of hydrogen-bond acceptors (Lipinski definition) is 5. The van der Waals surface area contributed by atoms with E-state index in [9.17, 15) is 0 Å². The lowest BCUT2D eigenvalue weighted by Gasteiger charge is -2.16. The fraction of sp³-hybridized carbons (Fsp3) is 0.368. The summed E-state index contributed by atoms with van der Waals surface area (Å²) in [6.45, 7) is 8.92. The molecule has 0 spiro atoms. The van der Waals surface area contributed by atoms with Crippen LogP contribution in [0.4, 0.5) is 11.6 Å². The molecular formula is C19H26N6OS. The van der Waals surface area contributed by atoms with E-state index >= 15 is 0 Å². The summed E-state index contributed by atoms with van der Waals surface area (Å²) < 4.78 is 5.07. The molecule has 0 aliphatic heterocycles. The van der Waals surface area contributed by atoms with Crippen molar-refractivity contribution in [1.29, 1.82) is 0 Å². The van der Waals surface area contributed by atoms with Crippen molar-refractivity contribution in [3.63, 3.8) is 0 Å². The van der Waals surface area contributed by atoms with E-state index in [-0.39, 0.29) is 0 Å². The summed E-state index contributed by atoms with van der Waals surface area (Å²) in [7, 11) is 1.63. The molecule has 0 bridgehead atoms. The van der Waals surface area contributed by atoms with E-state index in [2.05, 4.69) is 50.8 Å². The Labute approximate surface area is 165 Å². The number of aryl methyl sites for hydroxylation is 3. The van der Waals surface area contributed by atoms with Crippen molar-refractivity contribution in [2.45, 2.75) is 27.7 Å². The van der Waals surface area contributed by atoms with Crippen LogP contribution in [-0.4, -0.2) is 41.3 Å². The molecule has 2 rings (SSSR count). The average Bonchev–Trinajstić information content (AvgIpc) is 2.58. The van der Waals surface area contributed by atoms with Gasteiger partial charge in [0.25, 0.3) is 0 Å². The molecule has 2 aromatic rings. The Kier molecular flexibility index (Phi) is 7.63. The van der Waals surface area contributed by atoms with Crippen molar-refractivity contribution < 1.29 is 4.74 Å². The van der Waals surface area contributed by atoms with E-state index in [1.54, 1.807) is 7.11 Å². The Morgan fingerprint density at radius 1 is 1.11 bits per heavy atom. The SMILES string of the molecule is COCCN=C(NC(=S)Nc1cccc(C)c1C)Nc1nc(C)cc(C)n1. The smallest absolute Gasteiger partial charge is 0.229 e. The van der Waals surface area contributed by atoms with E-state index < -0.39 is 0 Å². The molecule has 0 unspecified atom stereocenters. The minimum absolute atomic E-state index is 0.428. The third-order valence-electron chi connectivity index (χ3n) is 3.86. The fourth-order valence-electron chi connectivity index (χ4n) is 2.39. The van der Waals surface area contributed by atoms with Gasteiger partial charge in [0.1, 0.15) is 0 Å². The molecule has 0 aliphatic carbocycles. The summed E-state index contributed by atoms with van der Waals surface area (Å²) in [4.78, 5) is 13.2. The van der Waals surface area contributed by atoms with Crippen LogP contribution in [0, 0.1) is 27.7 Å². The van der Waals surface area contributed by atoms with Gasteiger partial charge in [0, 0.05) is 24.2 Å². The molecular weight excluding hydrogens is 360 g/mol. The molecule has 0 radical (unpaired) electrons. The first kappa shape index (κ1) is 20.7. The van der Waals surface area contributed by atoms with E-state index in [1.165, 1.54) is 5.56 Å². The van der Waals surface area contributed by atoms with Gasteiger partial charge in [-0.05, 0) is 63.2 Å². The highest BCUT2D eigenvalue weighted by Gasteiger charge is 2.08. The van der Waals surface area contributed by atoms with Crippen LogP contribution in [0.15, 0.2) is 29.3 Å². The molecule has 0 atom stereocenters. The van der Waals surface area contributed by atoms with Crippen LogP contribution in [-0.2, 0) is 4.74 Å². The monoisotopic (exact) mass is 386 g/mol. The summed E-state index contributed by atoms with van der Waals surface area (Å²) >= 11 is 5.45. The van der Waals surface area contributed by atoms with E-state index in [0.29, 0.717) is 30.2 Å². The highest BCUT2D eigenvalue weighted by atomic mass is 32.1. The number of rotatable bonds is 5. The summed E-state index contributed by atoms with van der Waals surface area (Å²) in [5.74, 6) is 0.922. The maximum absolute atomic E-state index is 5.45. The number of nitrogens with zero attached hydrogens (tertiary/aromatic N) is 3. The van der Waals surface area contributed by atoms with Crippen LogP contribution in [0.5, 0.6) is 0 Å². The highest BCUT2D eigenvalue weighted by Crippen LogP contribution is 2.17. The minimum atomic E-state index is 0.428. The van der Waals surface area contributed by atoms with Gasteiger partial charge in [-0.3, -0.25) is 10.3 Å². The topological polar surface area (TPSA) is 83.5 Å². The van der Waals surface area contributed by atoms with Crippen molar-refractivity contribution >= 4 is 34.9 Å². The molecule has 0 amide bonds. The van der Waals surface area contributed by atoms with Crippen molar-refractivity contribution in [2.75, 3.05) is 30.9 Å². The number of benzene rings is 1. The van der Waals surface area contributed by atoms with E-state index in [0.717, 1.165) is 22.6 Å². The zero-order chi connectivity index (χ0) is 19.8. The number of nitrogens with one attached hydrogen (secondary N) is 3. The van der Waals surface area contributed by atoms with Gasteiger partial charge >= 0.3 is 0 Å². The lowest BCUT2D eigenvalue weighted by atomic mass is 10.1. The number of methoxy groups -OCH3 is 1. The normalized spacial score (nSPS) is 11.2. The number of ether oxygens (including phenoxy) is 1. The molecule has 7 nitrogen and oxygen atoms in total. The summed E-state index contributed by atoms with van der Waals surface area (Å²) in [6.07, 6.45) is 0. The zero-order valence-corrected chi connectivity index (χ0v) is 17.2. The zero-order valence-electron chi connectivity index (χ0n) is 16.4. The fourth-order valence-corrected chi connectivity index (χ4v) is 2.60. The average molecular weight is 387 g/mol. The third-order valence-corrected chi connectivity index (χ3v) is 4.07.